The first-order valence-electron chi connectivity index (χ1n) is 6.19. The molecule has 17 heavy (non-hydrogen) atoms. The van der Waals surface area contributed by atoms with E-state index < -0.39 is 0 Å². The summed E-state index contributed by atoms with van der Waals surface area (Å²) in [5.74, 6) is 0.150. The molecule has 0 radical (unpaired) electrons. The fourth-order valence-corrected chi connectivity index (χ4v) is 2.28. The highest BCUT2D eigenvalue weighted by Gasteiger charge is 2.19. The van der Waals surface area contributed by atoms with Gasteiger partial charge in [-0.05, 0) is 30.9 Å². The normalized spacial score (nSPS) is 15.9. The number of piperidine rings is 1. The molecule has 1 heterocycles. The van der Waals surface area contributed by atoms with Gasteiger partial charge in [0.1, 0.15) is 0 Å². The molecule has 3 heteroatoms. The Morgan fingerprint density at radius 2 is 1.94 bits per heavy atom. The van der Waals surface area contributed by atoms with Gasteiger partial charge in [0.05, 0.1) is 6.61 Å². The average molecular weight is 233 g/mol. The van der Waals surface area contributed by atoms with E-state index in [0.29, 0.717) is 6.61 Å². The van der Waals surface area contributed by atoms with Crippen LogP contribution in [0.1, 0.15) is 35.2 Å². The third kappa shape index (κ3) is 2.86. The molecule has 3 nitrogen and oxygen atoms in total. The third-order valence-corrected chi connectivity index (χ3v) is 3.19. The molecular formula is C14H19NO2. The average Bonchev–Trinajstić information content (AvgIpc) is 2.40. The summed E-state index contributed by atoms with van der Waals surface area (Å²) < 4.78 is 5.14. The van der Waals surface area contributed by atoms with E-state index in [1.807, 2.05) is 29.2 Å². The van der Waals surface area contributed by atoms with E-state index in [2.05, 4.69) is 0 Å². The van der Waals surface area contributed by atoms with Gasteiger partial charge in [0.15, 0.2) is 0 Å². The molecule has 1 saturated heterocycles. The van der Waals surface area contributed by atoms with Crippen molar-refractivity contribution in [1.82, 2.24) is 4.90 Å². The summed E-state index contributed by atoms with van der Waals surface area (Å²) in [6, 6.07) is 7.71. The molecule has 0 atom stereocenters. The Kier molecular flexibility index (Phi) is 4.15. The van der Waals surface area contributed by atoms with E-state index in [9.17, 15) is 4.79 Å². The molecule has 1 aromatic rings. The summed E-state index contributed by atoms with van der Waals surface area (Å²) >= 11 is 0. The number of ether oxygens (including phenoxy) is 1. The van der Waals surface area contributed by atoms with Gasteiger partial charge >= 0.3 is 0 Å². The summed E-state index contributed by atoms with van der Waals surface area (Å²) in [4.78, 5) is 14.3. The lowest BCUT2D eigenvalue weighted by Gasteiger charge is -2.27. The number of likely N-dealkylation sites (tertiary alicyclic amines) is 1. The molecule has 92 valence electrons. The van der Waals surface area contributed by atoms with Crippen LogP contribution in [0.4, 0.5) is 0 Å². The standard InChI is InChI=1S/C14H19NO2/c1-17-11-12-7-3-4-8-13(12)14(16)15-9-5-2-6-10-15/h3-4,7-8H,2,5-6,9-11H2,1H3. The molecule has 0 bridgehead atoms. The SMILES string of the molecule is COCc1ccccc1C(=O)N1CCCCC1. The predicted molar refractivity (Wildman–Crippen MR) is 66.9 cm³/mol. The first-order chi connectivity index (χ1) is 8.33. The number of carbonyl (C=O) groups excluding carboxylic acids is 1. The Hall–Kier alpha value is -1.35. The molecule has 1 aliphatic rings. The van der Waals surface area contributed by atoms with Crippen molar-refractivity contribution in [1.29, 1.82) is 0 Å². The maximum atomic E-state index is 12.4. The Morgan fingerprint density at radius 1 is 1.24 bits per heavy atom. The monoisotopic (exact) mass is 233 g/mol. The van der Waals surface area contributed by atoms with Gasteiger partial charge in [-0.15, -0.1) is 0 Å². The quantitative estimate of drug-likeness (QED) is 0.802. The second kappa shape index (κ2) is 5.82. The number of carbonyl (C=O) groups is 1. The lowest BCUT2D eigenvalue weighted by Crippen LogP contribution is -2.36. The number of methoxy groups -OCH3 is 1. The van der Waals surface area contributed by atoms with Crippen molar-refractivity contribution in [2.45, 2.75) is 25.9 Å². The van der Waals surface area contributed by atoms with Gasteiger partial charge in [0, 0.05) is 25.8 Å². The molecule has 0 unspecified atom stereocenters. The van der Waals surface area contributed by atoms with E-state index >= 15 is 0 Å². The highest BCUT2D eigenvalue weighted by molar-refractivity contribution is 5.95. The lowest BCUT2D eigenvalue weighted by molar-refractivity contribution is 0.0719. The second-order valence-electron chi connectivity index (χ2n) is 4.44. The molecule has 0 saturated carbocycles. The predicted octanol–water partition coefficient (Wildman–Crippen LogP) is 2.46. The molecule has 1 aromatic carbocycles. The van der Waals surface area contributed by atoms with Crippen LogP contribution in [0.15, 0.2) is 24.3 Å². The third-order valence-electron chi connectivity index (χ3n) is 3.19. The molecule has 0 N–H and O–H groups in total. The van der Waals surface area contributed by atoms with Crippen LogP contribution in [-0.4, -0.2) is 31.0 Å². The van der Waals surface area contributed by atoms with Gasteiger partial charge in [-0.25, -0.2) is 0 Å². The molecule has 0 spiro atoms. The van der Waals surface area contributed by atoms with Crippen LogP contribution in [0, 0.1) is 0 Å². The molecule has 0 aromatic heterocycles. The van der Waals surface area contributed by atoms with Gasteiger partial charge in [-0.1, -0.05) is 18.2 Å². The van der Waals surface area contributed by atoms with Crippen LogP contribution in [0.5, 0.6) is 0 Å². The first-order valence-corrected chi connectivity index (χ1v) is 6.19. The number of amides is 1. The smallest absolute Gasteiger partial charge is 0.254 e. The number of rotatable bonds is 3. The Morgan fingerprint density at radius 3 is 2.65 bits per heavy atom. The van der Waals surface area contributed by atoms with Crippen LogP contribution in [0.3, 0.4) is 0 Å². The molecule has 1 aliphatic heterocycles. The Balaban J connectivity index is 2.17. The van der Waals surface area contributed by atoms with Crippen molar-refractivity contribution in [3.05, 3.63) is 35.4 Å². The van der Waals surface area contributed by atoms with Crippen LogP contribution in [0.2, 0.25) is 0 Å². The maximum Gasteiger partial charge on any atom is 0.254 e. The fourth-order valence-electron chi connectivity index (χ4n) is 2.28. The van der Waals surface area contributed by atoms with E-state index in [4.69, 9.17) is 4.74 Å². The molecular weight excluding hydrogens is 214 g/mol. The molecule has 1 amide bonds. The minimum absolute atomic E-state index is 0.150. The molecule has 1 fully saturated rings. The molecule has 0 aliphatic carbocycles. The second-order valence-corrected chi connectivity index (χ2v) is 4.44. The molecule has 2 rings (SSSR count). The fraction of sp³-hybridized carbons (Fsp3) is 0.500. The summed E-state index contributed by atoms with van der Waals surface area (Å²) in [5, 5.41) is 0. The van der Waals surface area contributed by atoms with Crippen LogP contribution in [-0.2, 0) is 11.3 Å². The van der Waals surface area contributed by atoms with Crippen molar-refractivity contribution >= 4 is 5.91 Å². The van der Waals surface area contributed by atoms with Crippen LogP contribution in [0.25, 0.3) is 0 Å². The van der Waals surface area contributed by atoms with Gasteiger partial charge in [0.2, 0.25) is 0 Å². The van der Waals surface area contributed by atoms with E-state index in [0.717, 1.165) is 37.1 Å². The first kappa shape index (κ1) is 12.1. The largest absolute Gasteiger partial charge is 0.380 e. The minimum Gasteiger partial charge on any atom is -0.380 e. The number of hydrogen-bond donors (Lipinski definition) is 0. The van der Waals surface area contributed by atoms with Crippen molar-refractivity contribution in [3.63, 3.8) is 0 Å². The zero-order chi connectivity index (χ0) is 12.1. The highest BCUT2D eigenvalue weighted by atomic mass is 16.5. The van der Waals surface area contributed by atoms with E-state index in [-0.39, 0.29) is 5.91 Å². The van der Waals surface area contributed by atoms with Gasteiger partial charge < -0.3 is 9.64 Å². The van der Waals surface area contributed by atoms with Crippen molar-refractivity contribution in [2.75, 3.05) is 20.2 Å². The number of nitrogens with zero attached hydrogens (tertiary/aromatic N) is 1. The van der Waals surface area contributed by atoms with Gasteiger partial charge in [-0.3, -0.25) is 4.79 Å². The van der Waals surface area contributed by atoms with E-state index in [1.54, 1.807) is 7.11 Å². The van der Waals surface area contributed by atoms with E-state index in [1.165, 1.54) is 6.42 Å². The maximum absolute atomic E-state index is 12.4. The zero-order valence-electron chi connectivity index (χ0n) is 10.3. The zero-order valence-corrected chi connectivity index (χ0v) is 10.3. The summed E-state index contributed by atoms with van der Waals surface area (Å²) in [6.07, 6.45) is 3.49. The van der Waals surface area contributed by atoms with Crippen molar-refractivity contribution < 1.29 is 9.53 Å². The number of hydrogen-bond acceptors (Lipinski definition) is 2. The summed E-state index contributed by atoms with van der Waals surface area (Å²) in [6.45, 7) is 2.27. The summed E-state index contributed by atoms with van der Waals surface area (Å²) in [5.41, 5.74) is 1.77. The van der Waals surface area contributed by atoms with Crippen molar-refractivity contribution in [3.8, 4) is 0 Å². The van der Waals surface area contributed by atoms with Gasteiger partial charge in [-0.2, -0.15) is 0 Å². The topological polar surface area (TPSA) is 29.5 Å². The highest BCUT2D eigenvalue weighted by Crippen LogP contribution is 2.16. The number of benzene rings is 1. The van der Waals surface area contributed by atoms with Crippen LogP contribution >= 0.6 is 0 Å². The summed E-state index contributed by atoms with van der Waals surface area (Å²) in [7, 11) is 1.65. The van der Waals surface area contributed by atoms with Crippen LogP contribution < -0.4 is 0 Å². The van der Waals surface area contributed by atoms with Crippen molar-refractivity contribution in [2.24, 2.45) is 0 Å². The van der Waals surface area contributed by atoms with Gasteiger partial charge in [0.25, 0.3) is 5.91 Å². The minimum atomic E-state index is 0.150. The lowest BCUT2D eigenvalue weighted by atomic mass is 10.0. The Bertz CT molecular complexity index is 384. The Labute approximate surface area is 102 Å².